The van der Waals surface area contributed by atoms with Crippen molar-refractivity contribution in [3.63, 3.8) is 0 Å². The Kier molecular flexibility index (Phi) is 6.80. The molecule has 0 aromatic heterocycles. The lowest BCUT2D eigenvalue weighted by Gasteiger charge is -2.26. The number of carbonyl (C=O) groups excluding carboxylic acids is 2. The molecule has 31 heavy (non-hydrogen) atoms. The van der Waals surface area contributed by atoms with E-state index in [2.05, 4.69) is 5.10 Å². The summed E-state index contributed by atoms with van der Waals surface area (Å²) in [6.45, 7) is 5.82. The van der Waals surface area contributed by atoms with E-state index in [1.54, 1.807) is 37.4 Å². The minimum Gasteiger partial charge on any atom is -0.336 e. The predicted octanol–water partition coefficient (Wildman–Crippen LogP) is 5.05. The molecule has 0 fully saturated rings. The number of hydrogen-bond donors (Lipinski definition) is 0. The standard InChI is InChI=1S/C24H27ClFN3O2/c1-24(2,3)14-22(30)28(4)15-23(31)29-21(16-9-11-17(25)12-10-16)13-20(27-29)18-7-5-6-8-19(18)26/h5-12,21H,13-15H2,1-4H3. The molecule has 7 heteroatoms. The van der Waals surface area contributed by atoms with Crippen LogP contribution in [-0.2, 0) is 9.59 Å². The van der Waals surface area contributed by atoms with Crippen LogP contribution in [0.2, 0.25) is 5.02 Å². The number of hydrazone groups is 1. The molecule has 0 radical (unpaired) electrons. The Hall–Kier alpha value is -2.73. The van der Waals surface area contributed by atoms with E-state index in [0.717, 1.165) is 5.56 Å². The second kappa shape index (κ2) is 9.18. The molecule has 1 heterocycles. The molecule has 0 N–H and O–H groups in total. The third-order valence-corrected chi connectivity index (χ3v) is 5.34. The number of halogens is 2. The molecule has 2 aromatic rings. The van der Waals surface area contributed by atoms with Gasteiger partial charge in [0.1, 0.15) is 12.4 Å². The SMILES string of the molecule is CN(CC(=O)N1N=C(c2ccccc2F)CC1c1ccc(Cl)cc1)C(=O)CC(C)(C)C. The Morgan fingerprint density at radius 2 is 1.81 bits per heavy atom. The molecule has 0 saturated heterocycles. The van der Waals surface area contributed by atoms with Crippen LogP contribution >= 0.6 is 11.6 Å². The summed E-state index contributed by atoms with van der Waals surface area (Å²) in [4.78, 5) is 27.0. The molecular weight excluding hydrogens is 417 g/mol. The lowest BCUT2D eigenvalue weighted by Crippen LogP contribution is -2.40. The molecule has 0 bridgehead atoms. The quantitative estimate of drug-likeness (QED) is 0.649. The Labute approximate surface area is 187 Å². The average Bonchev–Trinajstić information content (AvgIpc) is 3.13. The fraction of sp³-hybridized carbons (Fsp3) is 0.375. The van der Waals surface area contributed by atoms with Crippen LogP contribution in [0, 0.1) is 11.2 Å². The van der Waals surface area contributed by atoms with Gasteiger partial charge in [-0.2, -0.15) is 5.10 Å². The average molecular weight is 444 g/mol. The highest BCUT2D eigenvalue weighted by Gasteiger charge is 2.34. The zero-order valence-corrected chi connectivity index (χ0v) is 19.0. The molecule has 164 valence electrons. The largest absolute Gasteiger partial charge is 0.336 e. The van der Waals surface area contributed by atoms with E-state index in [1.165, 1.54) is 16.0 Å². The number of likely N-dealkylation sites (N-methyl/N-ethyl adjacent to an activating group) is 1. The van der Waals surface area contributed by atoms with Crippen molar-refractivity contribution in [1.29, 1.82) is 0 Å². The molecule has 3 rings (SSSR count). The van der Waals surface area contributed by atoms with Crippen molar-refractivity contribution in [2.24, 2.45) is 10.5 Å². The number of carbonyl (C=O) groups is 2. The van der Waals surface area contributed by atoms with E-state index in [9.17, 15) is 14.0 Å². The Balaban J connectivity index is 1.86. The van der Waals surface area contributed by atoms with Crippen molar-refractivity contribution in [1.82, 2.24) is 9.91 Å². The molecule has 2 amide bonds. The van der Waals surface area contributed by atoms with E-state index in [1.807, 2.05) is 32.9 Å². The van der Waals surface area contributed by atoms with Crippen LogP contribution in [0.25, 0.3) is 0 Å². The normalized spacial score (nSPS) is 16.3. The highest BCUT2D eigenvalue weighted by molar-refractivity contribution is 6.30. The molecule has 1 atom stereocenters. The van der Waals surface area contributed by atoms with Crippen LogP contribution in [0.3, 0.4) is 0 Å². The summed E-state index contributed by atoms with van der Waals surface area (Å²) in [5.74, 6) is -0.819. The smallest absolute Gasteiger partial charge is 0.262 e. The van der Waals surface area contributed by atoms with Gasteiger partial charge in [-0.25, -0.2) is 9.40 Å². The first-order valence-corrected chi connectivity index (χ1v) is 10.6. The topological polar surface area (TPSA) is 53.0 Å². The first-order valence-electron chi connectivity index (χ1n) is 10.2. The molecule has 0 spiro atoms. The van der Waals surface area contributed by atoms with Gasteiger partial charge < -0.3 is 4.90 Å². The van der Waals surface area contributed by atoms with Gasteiger partial charge in [-0.15, -0.1) is 0 Å². The fourth-order valence-corrected chi connectivity index (χ4v) is 3.62. The molecule has 1 aliphatic rings. The maximum absolute atomic E-state index is 14.4. The van der Waals surface area contributed by atoms with Crippen molar-refractivity contribution in [2.45, 2.75) is 39.7 Å². The molecule has 1 aliphatic heterocycles. The fourth-order valence-electron chi connectivity index (χ4n) is 3.49. The summed E-state index contributed by atoms with van der Waals surface area (Å²) < 4.78 is 14.4. The highest BCUT2D eigenvalue weighted by atomic mass is 35.5. The van der Waals surface area contributed by atoms with Gasteiger partial charge in [0.25, 0.3) is 5.91 Å². The molecule has 2 aromatic carbocycles. The summed E-state index contributed by atoms with van der Waals surface area (Å²) in [5, 5.41) is 6.43. The summed E-state index contributed by atoms with van der Waals surface area (Å²) in [7, 11) is 1.61. The molecule has 1 unspecified atom stereocenters. The lowest BCUT2D eigenvalue weighted by molar-refractivity contribution is -0.141. The van der Waals surface area contributed by atoms with Crippen LogP contribution < -0.4 is 0 Å². The summed E-state index contributed by atoms with van der Waals surface area (Å²) >= 11 is 6.02. The maximum Gasteiger partial charge on any atom is 0.262 e. The lowest BCUT2D eigenvalue weighted by atomic mass is 9.92. The molecule has 5 nitrogen and oxygen atoms in total. The number of amides is 2. The van der Waals surface area contributed by atoms with Crippen LogP contribution in [0.1, 0.15) is 50.8 Å². The van der Waals surface area contributed by atoms with E-state index in [0.29, 0.717) is 29.1 Å². The first kappa shape index (κ1) is 22.9. The van der Waals surface area contributed by atoms with Gasteiger partial charge >= 0.3 is 0 Å². The second-order valence-corrected chi connectivity index (χ2v) is 9.46. The van der Waals surface area contributed by atoms with Crippen molar-refractivity contribution < 1.29 is 14.0 Å². The molecular formula is C24H27ClFN3O2. The Morgan fingerprint density at radius 3 is 2.42 bits per heavy atom. The van der Waals surface area contributed by atoms with Crippen LogP contribution in [0.5, 0.6) is 0 Å². The van der Waals surface area contributed by atoms with Crippen molar-refractivity contribution in [2.75, 3.05) is 13.6 Å². The minimum absolute atomic E-state index is 0.104. The second-order valence-electron chi connectivity index (χ2n) is 9.02. The predicted molar refractivity (Wildman–Crippen MR) is 120 cm³/mol. The first-order chi connectivity index (χ1) is 14.5. The third-order valence-electron chi connectivity index (χ3n) is 5.09. The van der Waals surface area contributed by atoms with Crippen molar-refractivity contribution in [3.8, 4) is 0 Å². The molecule has 0 saturated carbocycles. The summed E-state index contributed by atoms with van der Waals surface area (Å²) in [6.07, 6.45) is 0.703. The van der Waals surface area contributed by atoms with Gasteiger partial charge in [0.05, 0.1) is 11.8 Å². The maximum atomic E-state index is 14.4. The van der Waals surface area contributed by atoms with Crippen LogP contribution in [0.4, 0.5) is 4.39 Å². The molecule has 0 aliphatic carbocycles. The van der Waals surface area contributed by atoms with E-state index >= 15 is 0 Å². The van der Waals surface area contributed by atoms with Crippen LogP contribution in [-0.4, -0.2) is 41.0 Å². The van der Waals surface area contributed by atoms with E-state index in [-0.39, 0.29) is 29.6 Å². The van der Waals surface area contributed by atoms with E-state index in [4.69, 9.17) is 11.6 Å². The third kappa shape index (κ3) is 5.70. The summed E-state index contributed by atoms with van der Waals surface area (Å²) in [5.41, 5.74) is 1.53. The van der Waals surface area contributed by atoms with Crippen LogP contribution in [0.15, 0.2) is 53.6 Å². The highest BCUT2D eigenvalue weighted by Crippen LogP contribution is 2.34. The van der Waals surface area contributed by atoms with Crippen molar-refractivity contribution in [3.05, 3.63) is 70.5 Å². The number of benzene rings is 2. The van der Waals surface area contributed by atoms with Gasteiger partial charge in [-0.3, -0.25) is 9.59 Å². The Morgan fingerprint density at radius 1 is 1.16 bits per heavy atom. The number of rotatable bonds is 5. The van der Waals surface area contributed by atoms with Gasteiger partial charge in [0.15, 0.2) is 0 Å². The number of nitrogens with zero attached hydrogens (tertiary/aromatic N) is 3. The zero-order valence-electron chi connectivity index (χ0n) is 18.2. The van der Waals surface area contributed by atoms with Gasteiger partial charge in [0, 0.05) is 30.5 Å². The van der Waals surface area contributed by atoms with E-state index < -0.39 is 6.04 Å². The van der Waals surface area contributed by atoms with Gasteiger partial charge in [0.2, 0.25) is 5.91 Å². The van der Waals surface area contributed by atoms with Gasteiger partial charge in [-0.1, -0.05) is 62.7 Å². The minimum atomic E-state index is -0.398. The summed E-state index contributed by atoms with van der Waals surface area (Å²) in [6, 6.07) is 13.2. The van der Waals surface area contributed by atoms with Crippen molar-refractivity contribution >= 4 is 29.1 Å². The number of hydrogen-bond acceptors (Lipinski definition) is 3. The zero-order chi connectivity index (χ0) is 22.8. The Bertz CT molecular complexity index is 999. The van der Waals surface area contributed by atoms with Gasteiger partial charge in [-0.05, 0) is 29.2 Å². The monoisotopic (exact) mass is 443 g/mol.